The highest BCUT2D eigenvalue weighted by Gasteiger charge is 2.51. The summed E-state index contributed by atoms with van der Waals surface area (Å²) in [6, 6.07) is 0. The monoisotopic (exact) mass is 252 g/mol. The van der Waals surface area contributed by atoms with Crippen molar-refractivity contribution in [1.82, 2.24) is 15.0 Å². The van der Waals surface area contributed by atoms with Gasteiger partial charge in [0.15, 0.2) is 0 Å². The zero-order valence-electron chi connectivity index (χ0n) is 10.9. The van der Waals surface area contributed by atoms with E-state index in [0.29, 0.717) is 0 Å². The number of rotatable bonds is 4. The van der Waals surface area contributed by atoms with E-state index in [-0.39, 0.29) is 5.41 Å². The molecule has 2 N–H and O–H groups in total. The lowest BCUT2D eigenvalue weighted by Crippen LogP contribution is -2.45. The maximum atomic E-state index is 11.1. The molecule has 1 aromatic rings. The quantitative estimate of drug-likeness (QED) is 0.884. The van der Waals surface area contributed by atoms with Crippen LogP contribution in [0.2, 0.25) is 0 Å². The predicted octanol–water partition coefficient (Wildman–Crippen LogP) is 1.71. The Morgan fingerprint density at radius 3 is 2.67 bits per heavy atom. The molecule has 0 bridgehead atoms. The number of nitrogens with zero attached hydrogens (tertiary/aromatic N) is 3. The van der Waals surface area contributed by atoms with Gasteiger partial charge in [0, 0.05) is 5.41 Å². The van der Waals surface area contributed by atoms with Crippen LogP contribution in [-0.4, -0.2) is 26.7 Å². The highest BCUT2D eigenvalue weighted by atomic mass is 16.6. The molecule has 0 spiro atoms. The molecule has 0 aromatic carbocycles. The van der Waals surface area contributed by atoms with Crippen molar-refractivity contribution >= 4 is 6.09 Å². The van der Waals surface area contributed by atoms with E-state index < -0.39 is 11.7 Å². The molecule has 2 rings (SSSR count). The van der Waals surface area contributed by atoms with Crippen LogP contribution >= 0.6 is 0 Å². The zero-order valence-corrected chi connectivity index (χ0v) is 10.9. The van der Waals surface area contributed by atoms with Crippen molar-refractivity contribution in [2.75, 3.05) is 0 Å². The SMILES string of the molecule is CC1(CCn2nccn2)CCCC1(C)OC(N)=O. The molecule has 1 aromatic heterocycles. The summed E-state index contributed by atoms with van der Waals surface area (Å²) < 4.78 is 5.37. The first-order valence-electron chi connectivity index (χ1n) is 6.28. The summed E-state index contributed by atoms with van der Waals surface area (Å²) in [4.78, 5) is 12.7. The molecule has 1 aliphatic rings. The lowest BCUT2D eigenvalue weighted by atomic mass is 9.74. The van der Waals surface area contributed by atoms with Gasteiger partial charge in [-0.3, -0.25) is 0 Å². The summed E-state index contributed by atoms with van der Waals surface area (Å²) in [5.41, 5.74) is 4.62. The second-order valence-electron chi connectivity index (χ2n) is 5.44. The third-order valence-electron chi connectivity index (χ3n) is 4.32. The van der Waals surface area contributed by atoms with Crippen LogP contribution in [0.15, 0.2) is 12.4 Å². The molecule has 2 atom stereocenters. The third kappa shape index (κ3) is 2.32. The number of amides is 1. The van der Waals surface area contributed by atoms with Crippen molar-refractivity contribution in [2.45, 2.75) is 51.7 Å². The number of ether oxygens (including phenoxy) is 1. The van der Waals surface area contributed by atoms with Crippen LogP contribution in [0.3, 0.4) is 0 Å². The number of hydrogen-bond donors (Lipinski definition) is 1. The van der Waals surface area contributed by atoms with Gasteiger partial charge >= 0.3 is 6.09 Å². The minimum atomic E-state index is -0.692. The number of aryl methyl sites for hydroxylation is 1. The molecule has 0 saturated heterocycles. The Balaban J connectivity index is 2.05. The topological polar surface area (TPSA) is 83.0 Å². The number of primary amides is 1. The molecule has 1 amide bonds. The van der Waals surface area contributed by atoms with Gasteiger partial charge in [-0.1, -0.05) is 6.92 Å². The van der Waals surface area contributed by atoms with Crippen molar-refractivity contribution in [1.29, 1.82) is 0 Å². The van der Waals surface area contributed by atoms with E-state index in [1.807, 2.05) is 6.92 Å². The molecular weight excluding hydrogens is 232 g/mol. The molecule has 18 heavy (non-hydrogen) atoms. The number of nitrogens with two attached hydrogens (primary N) is 1. The van der Waals surface area contributed by atoms with Crippen LogP contribution < -0.4 is 5.73 Å². The van der Waals surface area contributed by atoms with Crippen LogP contribution in [0, 0.1) is 5.41 Å². The predicted molar refractivity (Wildman–Crippen MR) is 65.7 cm³/mol. The zero-order chi connectivity index (χ0) is 13.2. The Kier molecular flexibility index (Phi) is 3.28. The largest absolute Gasteiger partial charge is 0.443 e. The molecule has 0 radical (unpaired) electrons. The highest BCUT2D eigenvalue weighted by Crippen LogP contribution is 2.50. The number of carbonyl (C=O) groups is 1. The lowest BCUT2D eigenvalue weighted by Gasteiger charge is -2.40. The Bertz CT molecular complexity index is 420. The van der Waals surface area contributed by atoms with E-state index in [1.165, 1.54) is 0 Å². The molecule has 1 heterocycles. The van der Waals surface area contributed by atoms with Crippen molar-refractivity contribution in [2.24, 2.45) is 11.1 Å². The molecule has 2 unspecified atom stereocenters. The molecule has 6 nitrogen and oxygen atoms in total. The molecule has 6 heteroatoms. The second-order valence-corrected chi connectivity index (χ2v) is 5.44. The summed E-state index contributed by atoms with van der Waals surface area (Å²) >= 11 is 0. The Labute approximate surface area is 106 Å². The lowest BCUT2D eigenvalue weighted by molar-refractivity contribution is -0.0515. The average Bonchev–Trinajstić information content (AvgIpc) is 2.85. The standard InChI is InChI=1S/C12H20N4O2/c1-11(6-9-16-14-7-8-15-16)4-3-5-12(11,2)18-10(13)17/h7-8H,3-6,9H2,1-2H3,(H2,13,17). The van der Waals surface area contributed by atoms with Crippen LogP contribution in [-0.2, 0) is 11.3 Å². The van der Waals surface area contributed by atoms with Gasteiger partial charge in [-0.05, 0) is 32.6 Å². The Hall–Kier alpha value is -1.59. The van der Waals surface area contributed by atoms with E-state index in [9.17, 15) is 4.79 Å². The Morgan fingerprint density at radius 1 is 1.39 bits per heavy atom. The maximum absolute atomic E-state index is 11.1. The van der Waals surface area contributed by atoms with Gasteiger partial charge in [0.1, 0.15) is 5.60 Å². The van der Waals surface area contributed by atoms with Crippen LogP contribution in [0.1, 0.15) is 39.5 Å². The average molecular weight is 252 g/mol. The molecule has 100 valence electrons. The van der Waals surface area contributed by atoms with Crippen LogP contribution in [0.4, 0.5) is 4.79 Å². The van der Waals surface area contributed by atoms with Crippen molar-refractivity contribution in [3.05, 3.63) is 12.4 Å². The number of carbonyl (C=O) groups excluding carboxylic acids is 1. The fourth-order valence-corrected chi connectivity index (χ4v) is 2.87. The van der Waals surface area contributed by atoms with Gasteiger partial charge in [-0.25, -0.2) is 4.79 Å². The third-order valence-corrected chi connectivity index (χ3v) is 4.32. The normalized spacial score (nSPS) is 31.4. The van der Waals surface area contributed by atoms with Gasteiger partial charge in [0.2, 0.25) is 0 Å². The summed E-state index contributed by atoms with van der Waals surface area (Å²) in [7, 11) is 0. The number of aromatic nitrogens is 3. The summed E-state index contributed by atoms with van der Waals surface area (Å²) in [6.45, 7) is 4.84. The van der Waals surface area contributed by atoms with Crippen molar-refractivity contribution < 1.29 is 9.53 Å². The van der Waals surface area contributed by atoms with E-state index in [4.69, 9.17) is 10.5 Å². The summed E-state index contributed by atoms with van der Waals surface area (Å²) in [5, 5.41) is 8.18. The smallest absolute Gasteiger partial charge is 0.405 e. The summed E-state index contributed by atoms with van der Waals surface area (Å²) in [6.07, 6.45) is 6.43. The van der Waals surface area contributed by atoms with Crippen LogP contribution in [0.5, 0.6) is 0 Å². The van der Waals surface area contributed by atoms with Gasteiger partial charge in [-0.15, -0.1) is 0 Å². The van der Waals surface area contributed by atoms with Gasteiger partial charge < -0.3 is 10.5 Å². The van der Waals surface area contributed by atoms with Gasteiger partial charge in [0.05, 0.1) is 18.9 Å². The molecular formula is C12H20N4O2. The minimum Gasteiger partial charge on any atom is -0.443 e. The molecule has 0 aliphatic heterocycles. The molecule has 1 saturated carbocycles. The first-order valence-corrected chi connectivity index (χ1v) is 6.28. The molecule has 1 fully saturated rings. The first-order chi connectivity index (χ1) is 8.45. The Morgan fingerprint density at radius 2 is 2.06 bits per heavy atom. The fraction of sp³-hybridized carbons (Fsp3) is 0.750. The van der Waals surface area contributed by atoms with E-state index >= 15 is 0 Å². The van der Waals surface area contributed by atoms with Crippen LogP contribution in [0.25, 0.3) is 0 Å². The van der Waals surface area contributed by atoms with E-state index in [2.05, 4.69) is 17.1 Å². The van der Waals surface area contributed by atoms with E-state index in [0.717, 1.165) is 32.2 Å². The minimum absolute atomic E-state index is 0.0737. The van der Waals surface area contributed by atoms with Gasteiger partial charge in [0.25, 0.3) is 0 Å². The molecule has 1 aliphatic carbocycles. The van der Waals surface area contributed by atoms with Crippen molar-refractivity contribution in [3.8, 4) is 0 Å². The second kappa shape index (κ2) is 4.59. The fourth-order valence-electron chi connectivity index (χ4n) is 2.87. The van der Waals surface area contributed by atoms with Crippen molar-refractivity contribution in [3.63, 3.8) is 0 Å². The number of hydrogen-bond acceptors (Lipinski definition) is 4. The first kappa shape index (κ1) is 12.9. The highest BCUT2D eigenvalue weighted by molar-refractivity contribution is 5.65. The maximum Gasteiger partial charge on any atom is 0.405 e. The van der Waals surface area contributed by atoms with E-state index in [1.54, 1.807) is 17.2 Å². The summed E-state index contributed by atoms with van der Waals surface area (Å²) in [5.74, 6) is 0. The van der Waals surface area contributed by atoms with Gasteiger partial charge in [-0.2, -0.15) is 15.0 Å².